The molecule has 2 N–H and O–H groups in total. The Morgan fingerprint density at radius 2 is 1.91 bits per heavy atom. The van der Waals surface area contributed by atoms with Crippen LogP contribution in [0.15, 0.2) is 67.1 Å². The van der Waals surface area contributed by atoms with Gasteiger partial charge in [0.25, 0.3) is 0 Å². The minimum Gasteiger partial charge on any atom is -0.294 e. The summed E-state index contributed by atoms with van der Waals surface area (Å²) >= 11 is -2.18. The van der Waals surface area contributed by atoms with Crippen molar-refractivity contribution in [1.29, 1.82) is 0 Å². The monoisotopic (exact) mass is 467 g/mol. The Kier molecular flexibility index (Phi) is 6.93. The van der Waals surface area contributed by atoms with E-state index in [0.29, 0.717) is 17.3 Å². The van der Waals surface area contributed by atoms with Gasteiger partial charge in [0.1, 0.15) is 11.6 Å². The van der Waals surface area contributed by atoms with Crippen LogP contribution in [0.25, 0.3) is 22.0 Å². The third-order valence-corrected chi connectivity index (χ3v) is 5.60. The van der Waals surface area contributed by atoms with Crippen LogP contribution in [0.2, 0.25) is 0 Å². The zero-order chi connectivity index (χ0) is 23.4. The van der Waals surface area contributed by atoms with Crippen LogP contribution in [0.5, 0.6) is 0 Å². The normalized spacial score (nSPS) is 12.1. The molecule has 1 unspecified atom stereocenters. The molecule has 0 amide bonds. The molecule has 0 aliphatic carbocycles. The Morgan fingerprint density at radius 1 is 1.06 bits per heavy atom. The van der Waals surface area contributed by atoms with E-state index in [1.165, 1.54) is 6.07 Å². The number of carbonyl (C=O) groups excluding carboxylic acids is 1. The number of benzene rings is 2. The van der Waals surface area contributed by atoms with Gasteiger partial charge < -0.3 is 0 Å². The number of aromatic nitrogens is 2. The zero-order valence-electron chi connectivity index (χ0n) is 17.3. The molecule has 0 spiro atoms. The molecule has 4 aromatic rings. The van der Waals surface area contributed by atoms with Crippen molar-refractivity contribution in [2.75, 3.05) is 6.54 Å². The quantitative estimate of drug-likeness (QED) is 0.227. The molecular weight excluding hydrogens is 448 g/mol. The van der Waals surface area contributed by atoms with Gasteiger partial charge >= 0.3 is 0 Å². The number of ketones is 1. The average Bonchev–Trinajstić information content (AvgIpc) is 2.83. The topological polar surface area (TPSA) is 92.2 Å². The predicted octanol–water partition coefficient (Wildman–Crippen LogP) is 4.46. The van der Waals surface area contributed by atoms with Gasteiger partial charge in [-0.05, 0) is 60.9 Å². The number of aryl methyl sites for hydroxylation is 1. The first-order valence-corrected chi connectivity index (χ1v) is 11.2. The number of rotatable bonds is 8. The largest absolute Gasteiger partial charge is 0.294 e. The van der Waals surface area contributed by atoms with Crippen LogP contribution in [-0.2, 0) is 17.7 Å². The number of hydrogen-bond acceptors (Lipinski definition) is 4. The lowest BCUT2D eigenvalue weighted by atomic mass is 9.97. The number of carbonyl (C=O) groups is 1. The molecule has 2 aromatic carbocycles. The van der Waals surface area contributed by atoms with Crippen molar-refractivity contribution in [2.24, 2.45) is 0 Å². The zero-order valence-corrected chi connectivity index (χ0v) is 18.1. The fourth-order valence-electron chi connectivity index (χ4n) is 3.55. The standard InChI is InChI=1S/C24H19F2N3O3S/c25-20-11-15(3-2-8-29-33(31)32)23(26)21(12-20)24(30)16-5-6-22-18(9-16)10-19(14-28-22)17-4-1-7-27-13-17/h1,4-7,9-14,29H,2-3,8H2,(H,31,32). The van der Waals surface area contributed by atoms with E-state index in [1.54, 1.807) is 30.7 Å². The lowest BCUT2D eigenvalue weighted by Gasteiger charge is -2.10. The van der Waals surface area contributed by atoms with Crippen molar-refractivity contribution in [3.63, 3.8) is 0 Å². The highest BCUT2D eigenvalue weighted by atomic mass is 32.2. The molecule has 2 aromatic heterocycles. The van der Waals surface area contributed by atoms with Gasteiger partial charge in [0, 0.05) is 47.2 Å². The molecule has 168 valence electrons. The van der Waals surface area contributed by atoms with Crippen LogP contribution in [0, 0.1) is 11.6 Å². The minimum absolute atomic E-state index is 0.0326. The van der Waals surface area contributed by atoms with Crippen LogP contribution in [-0.4, -0.2) is 31.1 Å². The Balaban J connectivity index is 1.64. The summed E-state index contributed by atoms with van der Waals surface area (Å²) in [5.41, 5.74) is 2.22. The predicted molar refractivity (Wildman–Crippen MR) is 122 cm³/mol. The van der Waals surface area contributed by atoms with E-state index in [0.717, 1.165) is 23.3 Å². The van der Waals surface area contributed by atoms with Crippen LogP contribution < -0.4 is 4.72 Å². The Bertz CT molecular complexity index is 1350. The van der Waals surface area contributed by atoms with Gasteiger partial charge in [-0.2, -0.15) is 0 Å². The maximum atomic E-state index is 15.0. The number of hydrogen-bond donors (Lipinski definition) is 2. The lowest BCUT2D eigenvalue weighted by Crippen LogP contribution is -2.18. The molecule has 33 heavy (non-hydrogen) atoms. The lowest BCUT2D eigenvalue weighted by molar-refractivity contribution is 0.103. The SMILES string of the molecule is O=C(c1ccc2ncc(-c3cccnc3)cc2c1)c1cc(F)cc(CCCNS(=O)O)c1F. The maximum Gasteiger partial charge on any atom is 0.231 e. The number of halogens is 2. The van der Waals surface area contributed by atoms with E-state index in [4.69, 9.17) is 4.55 Å². The number of fused-ring (bicyclic) bond motifs is 1. The maximum absolute atomic E-state index is 15.0. The Hall–Kier alpha value is -3.40. The highest BCUT2D eigenvalue weighted by Crippen LogP contribution is 2.25. The van der Waals surface area contributed by atoms with Gasteiger partial charge in [-0.15, -0.1) is 0 Å². The van der Waals surface area contributed by atoms with Gasteiger partial charge in [-0.1, -0.05) is 6.07 Å². The van der Waals surface area contributed by atoms with Crippen LogP contribution in [0.4, 0.5) is 8.78 Å². The Labute approximate surface area is 191 Å². The molecule has 9 heteroatoms. The molecule has 0 bridgehead atoms. The second kappa shape index (κ2) is 10.0. The summed E-state index contributed by atoms with van der Waals surface area (Å²) in [5.74, 6) is -2.17. The molecule has 2 heterocycles. The van der Waals surface area contributed by atoms with Crippen molar-refractivity contribution in [1.82, 2.24) is 14.7 Å². The number of nitrogens with one attached hydrogen (secondary N) is 1. The molecule has 0 aliphatic rings. The first-order chi connectivity index (χ1) is 15.9. The third-order valence-electron chi connectivity index (χ3n) is 5.14. The van der Waals surface area contributed by atoms with Gasteiger partial charge in [0.2, 0.25) is 11.3 Å². The summed E-state index contributed by atoms with van der Waals surface area (Å²) in [5, 5.41) is 0.683. The molecular formula is C24H19F2N3O3S. The molecule has 4 rings (SSSR count). The molecule has 0 saturated heterocycles. The summed E-state index contributed by atoms with van der Waals surface area (Å²) < 4.78 is 50.9. The van der Waals surface area contributed by atoms with Gasteiger partial charge in [-0.25, -0.2) is 17.7 Å². The number of nitrogens with zero attached hydrogens (tertiary/aromatic N) is 2. The molecule has 0 radical (unpaired) electrons. The molecule has 0 aliphatic heterocycles. The van der Waals surface area contributed by atoms with E-state index in [-0.39, 0.29) is 29.7 Å². The Morgan fingerprint density at radius 3 is 2.67 bits per heavy atom. The van der Waals surface area contributed by atoms with Crippen molar-refractivity contribution in [3.8, 4) is 11.1 Å². The van der Waals surface area contributed by atoms with Crippen LogP contribution >= 0.6 is 0 Å². The van der Waals surface area contributed by atoms with Crippen molar-refractivity contribution >= 4 is 28.0 Å². The fraction of sp³-hybridized carbons (Fsp3) is 0.125. The van der Waals surface area contributed by atoms with E-state index in [9.17, 15) is 13.4 Å². The summed E-state index contributed by atoms with van der Waals surface area (Å²) in [6, 6.07) is 12.3. The highest BCUT2D eigenvalue weighted by molar-refractivity contribution is 7.77. The highest BCUT2D eigenvalue weighted by Gasteiger charge is 2.19. The van der Waals surface area contributed by atoms with Gasteiger partial charge in [-0.3, -0.25) is 19.3 Å². The van der Waals surface area contributed by atoms with Crippen molar-refractivity contribution in [2.45, 2.75) is 12.8 Å². The summed E-state index contributed by atoms with van der Waals surface area (Å²) in [7, 11) is 0. The first kappa shape index (κ1) is 22.8. The van der Waals surface area contributed by atoms with Gasteiger partial charge in [0.15, 0.2) is 5.78 Å². The van der Waals surface area contributed by atoms with Crippen molar-refractivity contribution < 1.29 is 22.3 Å². The summed E-state index contributed by atoms with van der Waals surface area (Å²) in [6.07, 6.45) is 5.47. The molecule has 1 atom stereocenters. The van der Waals surface area contributed by atoms with Gasteiger partial charge in [0.05, 0.1) is 11.1 Å². The van der Waals surface area contributed by atoms with E-state index in [2.05, 4.69) is 14.7 Å². The summed E-state index contributed by atoms with van der Waals surface area (Å²) in [6.45, 7) is 0.138. The van der Waals surface area contributed by atoms with Crippen LogP contribution in [0.3, 0.4) is 0 Å². The van der Waals surface area contributed by atoms with Crippen molar-refractivity contribution in [3.05, 3.63) is 95.4 Å². The van der Waals surface area contributed by atoms with E-state index < -0.39 is 28.7 Å². The third kappa shape index (κ3) is 5.33. The summed E-state index contributed by atoms with van der Waals surface area (Å²) in [4.78, 5) is 21.6. The molecule has 0 saturated carbocycles. The molecule has 6 nitrogen and oxygen atoms in total. The van der Waals surface area contributed by atoms with E-state index in [1.807, 2.05) is 18.2 Å². The molecule has 0 fully saturated rings. The number of pyridine rings is 2. The average molecular weight is 467 g/mol. The second-order valence-corrected chi connectivity index (χ2v) is 8.16. The van der Waals surface area contributed by atoms with E-state index >= 15 is 4.39 Å². The van der Waals surface area contributed by atoms with Crippen LogP contribution in [0.1, 0.15) is 27.9 Å². The smallest absolute Gasteiger partial charge is 0.231 e. The first-order valence-electron chi connectivity index (χ1n) is 10.1. The minimum atomic E-state index is -2.18. The second-order valence-electron chi connectivity index (χ2n) is 7.38. The fourth-order valence-corrected chi connectivity index (χ4v) is 3.87.